The fourth-order valence-corrected chi connectivity index (χ4v) is 3.65. The van der Waals surface area contributed by atoms with Gasteiger partial charge in [-0.05, 0) is 25.1 Å². The Morgan fingerprint density at radius 2 is 2.24 bits per heavy atom. The van der Waals surface area contributed by atoms with Gasteiger partial charge in [-0.3, -0.25) is 4.79 Å². The van der Waals surface area contributed by atoms with E-state index < -0.39 is 5.92 Å². The third-order valence-corrected chi connectivity index (χ3v) is 4.99. The van der Waals surface area contributed by atoms with E-state index in [0.717, 1.165) is 9.71 Å². The van der Waals surface area contributed by atoms with Crippen LogP contribution in [0.1, 0.15) is 26.4 Å². The Labute approximate surface area is 133 Å². The fraction of sp³-hybridized carbons (Fsp3) is 0.143. The van der Waals surface area contributed by atoms with Crippen LogP contribution < -0.4 is 0 Å². The van der Waals surface area contributed by atoms with Gasteiger partial charge >= 0.3 is 0 Å². The molecule has 0 aliphatic heterocycles. The number of carbonyl (C=O) groups is 1. The van der Waals surface area contributed by atoms with Crippen molar-refractivity contribution in [3.05, 3.63) is 44.3 Å². The Bertz CT molecular complexity index is 878. The van der Waals surface area contributed by atoms with E-state index in [1.54, 1.807) is 17.5 Å². The monoisotopic (exact) mass is 333 g/mol. The second kappa shape index (κ2) is 5.53. The van der Waals surface area contributed by atoms with E-state index in [1.807, 2.05) is 19.1 Å². The predicted molar refractivity (Wildman–Crippen MR) is 84.2 cm³/mol. The molecular weight excluding hydrogens is 326 g/mol. The SMILES string of the molecule is Cc1nc(C(=O)C(C#N)c2nc3cc(Cl)ccc3s2)cs1. The highest BCUT2D eigenvalue weighted by Gasteiger charge is 2.27. The van der Waals surface area contributed by atoms with E-state index in [2.05, 4.69) is 9.97 Å². The second-order valence-corrected chi connectivity index (χ2v) is 6.90. The van der Waals surface area contributed by atoms with Gasteiger partial charge in [0, 0.05) is 10.4 Å². The molecule has 0 aliphatic carbocycles. The Balaban J connectivity index is 2.02. The summed E-state index contributed by atoms with van der Waals surface area (Å²) >= 11 is 8.64. The van der Waals surface area contributed by atoms with Gasteiger partial charge in [-0.2, -0.15) is 5.26 Å². The van der Waals surface area contributed by atoms with Crippen LogP contribution in [0, 0.1) is 18.3 Å². The van der Waals surface area contributed by atoms with Crippen LogP contribution in [0.2, 0.25) is 5.02 Å². The van der Waals surface area contributed by atoms with Gasteiger partial charge in [-0.15, -0.1) is 22.7 Å². The summed E-state index contributed by atoms with van der Waals surface area (Å²) in [6.07, 6.45) is 0. The first-order valence-electron chi connectivity index (χ1n) is 6.00. The molecule has 104 valence electrons. The highest BCUT2D eigenvalue weighted by atomic mass is 35.5. The highest BCUT2D eigenvalue weighted by molar-refractivity contribution is 7.18. The molecule has 2 aromatic heterocycles. The summed E-state index contributed by atoms with van der Waals surface area (Å²) in [5, 5.41) is 12.9. The number of rotatable bonds is 3. The summed E-state index contributed by atoms with van der Waals surface area (Å²) in [7, 11) is 0. The average Bonchev–Trinajstić information content (AvgIpc) is 3.05. The Kier molecular flexibility index (Phi) is 3.72. The number of hydrogen-bond acceptors (Lipinski definition) is 6. The molecule has 0 fully saturated rings. The van der Waals surface area contributed by atoms with Crippen molar-refractivity contribution in [2.45, 2.75) is 12.8 Å². The normalized spacial score (nSPS) is 12.2. The molecule has 1 atom stereocenters. The number of fused-ring (bicyclic) bond motifs is 1. The van der Waals surface area contributed by atoms with Crippen molar-refractivity contribution >= 4 is 50.3 Å². The van der Waals surface area contributed by atoms with Crippen LogP contribution in [0.3, 0.4) is 0 Å². The molecule has 0 amide bonds. The summed E-state index contributed by atoms with van der Waals surface area (Å²) in [5.41, 5.74) is 1.02. The zero-order chi connectivity index (χ0) is 15.0. The quantitative estimate of drug-likeness (QED) is 0.673. The summed E-state index contributed by atoms with van der Waals surface area (Å²) in [6, 6.07) is 7.36. The molecule has 0 saturated carbocycles. The fourth-order valence-electron chi connectivity index (χ4n) is 1.89. The van der Waals surface area contributed by atoms with Crippen LogP contribution >= 0.6 is 34.3 Å². The van der Waals surface area contributed by atoms with Gasteiger partial charge in [0.25, 0.3) is 0 Å². The van der Waals surface area contributed by atoms with Crippen molar-refractivity contribution in [2.24, 2.45) is 0 Å². The number of nitriles is 1. The maximum absolute atomic E-state index is 12.4. The lowest BCUT2D eigenvalue weighted by molar-refractivity contribution is 0.0974. The third-order valence-electron chi connectivity index (χ3n) is 2.88. The van der Waals surface area contributed by atoms with Gasteiger partial charge in [0.05, 0.1) is 21.3 Å². The van der Waals surface area contributed by atoms with E-state index >= 15 is 0 Å². The number of halogens is 1. The summed E-state index contributed by atoms with van der Waals surface area (Å²) in [4.78, 5) is 20.9. The number of hydrogen-bond donors (Lipinski definition) is 0. The number of aryl methyl sites for hydroxylation is 1. The zero-order valence-electron chi connectivity index (χ0n) is 10.8. The smallest absolute Gasteiger partial charge is 0.206 e. The van der Waals surface area contributed by atoms with E-state index in [4.69, 9.17) is 11.6 Å². The van der Waals surface area contributed by atoms with Gasteiger partial charge in [0.1, 0.15) is 10.7 Å². The molecule has 2 heterocycles. The molecule has 0 N–H and O–H groups in total. The van der Waals surface area contributed by atoms with Crippen molar-refractivity contribution in [3.8, 4) is 6.07 Å². The number of aromatic nitrogens is 2. The lowest BCUT2D eigenvalue weighted by Gasteiger charge is -2.01. The molecule has 0 bridgehead atoms. The number of benzene rings is 1. The number of Topliss-reactive ketones (excluding diaryl/α,β-unsaturated/α-hetero) is 1. The molecule has 4 nitrogen and oxygen atoms in total. The van der Waals surface area contributed by atoms with Crippen molar-refractivity contribution in [1.29, 1.82) is 5.26 Å². The number of thiazole rings is 2. The first-order chi connectivity index (χ1) is 10.1. The van der Waals surface area contributed by atoms with Crippen LogP contribution in [0.5, 0.6) is 0 Å². The van der Waals surface area contributed by atoms with Crippen molar-refractivity contribution < 1.29 is 4.79 Å². The van der Waals surface area contributed by atoms with Gasteiger partial charge in [0.15, 0.2) is 5.92 Å². The molecule has 7 heteroatoms. The molecule has 3 rings (SSSR count). The molecule has 3 aromatic rings. The average molecular weight is 334 g/mol. The Morgan fingerprint density at radius 3 is 2.90 bits per heavy atom. The predicted octanol–water partition coefficient (Wildman–Crippen LogP) is 4.20. The molecule has 1 aromatic carbocycles. The highest BCUT2D eigenvalue weighted by Crippen LogP contribution is 2.31. The molecule has 0 aliphatic rings. The van der Waals surface area contributed by atoms with Gasteiger partial charge in [-0.1, -0.05) is 11.6 Å². The lowest BCUT2D eigenvalue weighted by atomic mass is 10.1. The Morgan fingerprint density at radius 1 is 1.43 bits per heavy atom. The molecule has 1 unspecified atom stereocenters. The molecule has 0 radical (unpaired) electrons. The number of ketones is 1. The minimum atomic E-state index is -0.928. The standard InChI is InChI=1S/C14H8ClN3OS2/c1-7-17-11(6-20-7)13(19)9(5-16)14-18-10-4-8(15)2-3-12(10)21-14/h2-4,6,9H,1H3. The van der Waals surface area contributed by atoms with Crippen LogP contribution in [0.15, 0.2) is 23.6 Å². The third kappa shape index (κ3) is 2.68. The topological polar surface area (TPSA) is 66.6 Å². The molecular formula is C14H8ClN3OS2. The number of carbonyl (C=O) groups excluding carboxylic acids is 1. The lowest BCUT2D eigenvalue weighted by Crippen LogP contribution is -2.11. The number of nitrogens with zero attached hydrogens (tertiary/aromatic N) is 3. The summed E-state index contributed by atoms with van der Waals surface area (Å²) in [5.74, 6) is -1.24. The van der Waals surface area contributed by atoms with Crippen molar-refractivity contribution in [1.82, 2.24) is 9.97 Å². The van der Waals surface area contributed by atoms with Crippen LogP contribution in [0.25, 0.3) is 10.2 Å². The minimum absolute atomic E-state index is 0.313. The van der Waals surface area contributed by atoms with Crippen LogP contribution in [-0.2, 0) is 0 Å². The largest absolute Gasteiger partial charge is 0.290 e. The van der Waals surface area contributed by atoms with Gasteiger partial charge in [-0.25, -0.2) is 9.97 Å². The van der Waals surface area contributed by atoms with Crippen molar-refractivity contribution in [2.75, 3.05) is 0 Å². The minimum Gasteiger partial charge on any atom is -0.290 e. The van der Waals surface area contributed by atoms with E-state index in [0.29, 0.717) is 21.2 Å². The maximum Gasteiger partial charge on any atom is 0.206 e. The molecule has 0 saturated heterocycles. The Hall–Kier alpha value is -1.81. The van der Waals surface area contributed by atoms with Crippen LogP contribution in [-0.4, -0.2) is 15.8 Å². The van der Waals surface area contributed by atoms with E-state index in [-0.39, 0.29) is 5.78 Å². The van der Waals surface area contributed by atoms with Crippen molar-refractivity contribution in [3.63, 3.8) is 0 Å². The van der Waals surface area contributed by atoms with E-state index in [9.17, 15) is 10.1 Å². The van der Waals surface area contributed by atoms with Gasteiger partial charge in [0.2, 0.25) is 5.78 Å². The maximum atomic E-state index is 12.4. The summed E-state index contributed by atoms with van der Waals surface area (Å²) < 4.78 is 0.900. The summed E-state index contributed by atoms with van der Waals surface area (Å²) in [6.45, 7) is 1.82. The first kappa shape index (κ1) is 14.1. The molecule has 0 spiro atoms. The van der Waals surface area contributed by atoms with Gasteiger partial charge < -0.3 is 0 Å². The molecule has 21 heavy (non-hydrogen) atoms. The van der Waals surface area contributed by atoms with E-state index in [1.165, 1.54) is 22.7 Å². The van der Waals surface area contributed by atoms with Crippen LogP contribution in [0.4, 0.5) is 0 Å². The second-order valence-electron chi connectivity index (χ2n) is 4.34. The first-order valence-corrected chi connectivity index (χ1v) is 8.08. The zero-order valence-corrected chi connectivity index (χ0v) is 13.2.